The van der Waals surface area contributed by atoms with Crippen molar-refractivity contribution in [3.8, 4) is 11.4 Å². The van der Waals surface area contributed by atoms with Crippen molar-refractivity contribution in [2.75, 3.05) is 18.0 Å². The highest BCUT2D eigenvalue weighted by Gasteiger charge is 2.15. The second kappa shape index (κ2) is 8.89. The Kier molecular flexibility index (Phi) is 6.10. The van der Waals surface area contributed by atoms with Crippen LogP contribution in [-0.4, -0.2) is 33.9 Å². The van der Waals surface area contributed by atoms with E-state index in [1.807, 2.05) is 42.5 Å². The van der Waals surface area contributed by atoms with Gasteiger partial charge in [0.2, 0.25) is 0 Å². The first-order valence-electron chi connectivity index (χ1n) is 9.07. The second-order valence-corrected chi connectivity index (χ2v) is 6.01. The minimum Gasteiger partial charge on any atom is -0.357 e. The molecule has 0 aliphatic rings. The van der Waals surface area contributed by atoms with Gasteiger partial charge in [0.1, 0.15) is 11.5 Å². The lowest BCUT2D eigenvalue weighted by molar-refractivity contribution is 0.0946. The number of carbonyl (C=O) groups is 1. The van der Waals surface area contributed by atoms with Crippen LogP contribution in [0.5, 0.6) is 0 Å². The zero-order valence-electron chi connectivity index (χ0n) is 15.6. The molecule has 0 radical (unpaired) electrons. The van der Waals surface area contributed by atoms with Crippen molar-refractivity contribution in [3.63, 3.8) is 0 Å². The lowest BCUT2D eigenvalue weighted by Crippen LogP contribution is -2.27. The summed E-state index contributed by atoms with van der Waals surface area (Å²) in [5, 5.41) is 2.92. The SMILES string of the molecule is CCN(CC)c1cc(C(=O)NCc2ccncc2)nc(-c2ccccc2)n1. The van der Waals surface area contributed by atoms with E-state index in [-0.39, 0.29) is 5.91 Å². The van der Waals surface area contributed by atoms with Gasteiger partial charge in [0.05, 0.1) is 0 Å². The van der Waals surface area contributed by atoms with Crippen molar-refractivity contribution in [1.82, 2.24) is 20.3 Å². The molecule has 6 heteroatoms. The third kappa shape index (κ3) is 4.67. The van der Waals surface area contributed by atoms with Crippen LogP contribution < -0.4 is 10.2 Å². The fraction of sp³-hybridized carbons (Fsp3) is 0.238. The molecule has 0 saturated heterocycles. The number of anilines is 1. The van der Waals surface area contributed by atoms with Crippen LogP contribution in [0.3, 0.4) is 0 Å². The molecule has 2 aromatic heterocycles. The Balaban J connectivity index is 1.90. The van der Waals surface area contributed by atoms with E-state index in [1.54, 1.807) is 18.5 Å². The fourth-order valence-corrected chi connectivity index (χ4v) is 2.75. The van der Waals surface area contributed by atoms with E-state index in [0.717, 1.165) is 30.0 Å². The zero-order valence-corrected chi connectivity index (χ0v) is 15.6. The maximum absolute atomic E-state index is 12.7. The van der Waals surface area contributed by atoms with Crippen LogP contribution in [-0.2, 0) is 6.54 Å². The van der Waals surface area contributed by atoms with E-state index < -0.39 is 0 Å². The average molecular weight is 361 g/mol. The van der Waals surface area contributed by atoms with Crippen LogP contribution in [0.4, 0.5) is 5.82 Å². The first-order chi connectivity index (χ1) is 13.2. The van der Waals surface area contributed by atoms with Gasteiger partial charge in [-0.2, -0.15) is 0 Å². The van der Waals surface area contributed by atoms with Crippen LogP contribution in [0.2, 0.25) is 0 Å². The summed E-state index contributed by atoms with van der Waals surface area (Å²) in [6.07, 6.45) is 3.41. The Labute approximate surface area is 159 Å². The summed E-state index contributed by atoms with van der Waals surface area (Å²) in [6.45, 7) is 6.17. The molecule has 6 nitrogen and oxygen atoms in total. The van der Waals surface area contributed by atoms with Gasteiger partial charge in [0, 0.05) is 43.7 Å². The summed E-state index contributed by atoms with van der Waals surface area (Å²) >= 11 is 0. The number of amides is 1. The smallest absolute Gasteiger partial charge is 0.270 e. The van der Waals surface area contributed by atoms with Crippen molar-refractivity contribution >= 4 is 11.7 Å². The van der Waals surface area contributed by atoms with Gasteiger partial charge in [-0.05, 0) is 31.5 Å². The molecule has 27 heavy (non-hydrogen) atoms. The number of carbonyl (C=O) groups excluding carboxylic acids is 1. The van der Waals surface area contributed by atoms with E-state index in [4.69, 9.17) is 0 Å². The molecular formula is C21H23N5O. The van der Waals surface area contributed by atoms with Crippen LogP contribution >= 0.6 is 0 Å². The number of nitrogens with zero attached hydrogens (tertiary/aromatic N) is 4. The molecule has 0 spiro atoms. The summed E-state index contributed by atoms with van der Waals surface area (Å²) in [5.74, 6) is 1.08. The number of hydrogen-bond donors (Lipinski definition) is 1. The molecule has 0 aliphatic heterocycles. The number of benzene rings is 1. The minimum absolute atomic E-state index is 0.222. The Morgan fingerprint density at radius 2 is 1.70 bits per heavy atom. The van der Waals surface area contributed by atoms with Gasteiger partial charge < -0.3 is 10.2 Å². The molecule has 0 saturated carbocycles. The van der Waals surface area contributed by atoms with Crippen LogP contribution in [0.25, 0.3) is 11.4 Å². The minimum atomic E-state index is -0.222. The fourth-order valence-electron chi connectivity index (χ4n) is 2.75. The molecule has 0 bridgehead atoms. The summed E-state index contributed by atoms with van der Waals surface area (Å²) in [4.78, 5) is 28.0. The van der Waals surface area contributed by atoms with Gasteiger partial charge in [-0.3, -0.25) is 9.78 Å². The van der Waals surface area contributed by atoms with Crippen molar-refractivity contribution in [1.29, 1.82) is 0 Å². The van der Waals surface area contributed by atoms with Crippen LogP contribution in [0.15, 0.2) is 60.9 Å². The number of pyridine rings is 1. The topological polar surface area (TPSA) is 71.0 Å². The van der Waals surface area contributed by atoms with Crippen LogP contribution in [0.1, 0.15) is 29.9 Å². The number of hydrogen-bond acceptors (Lipinski definition) is 5. The maximum atomic E-state index is 12.7. The maximum Gasteiger partial charge on any atom is 0.270 e. The summed E-state index contributed by atoms with van der Waals surface area (Å²) < 4.78 is 0. The predicted molar refractivity (Wildman–Crippen MR) is 106 cm³/mol. The normalized spacial score (nSPS) is 10.4. The highest BCUT2D eigenvalue weighted by molar-refractivity contribution is 5.93. The molecule has 2 heterocycles. The molecule has 138 valence electrons. The Bertz CT molecular complexity index is 880. The molecule has 1 N–H and O–H groups in total. The predicted octanol–water partition coefficient (Wildman–Crippen LogP) is 3.31. The van der Waals surface area contributed by atoms with Gasteiger partial charge in [-0.1, -0.05) is 30.3 Å². The van der Waals surface area contributed by atoms with E-state index >= 15 is 0 Å². The highest BCUT2D eigenvalue weighted by atomic mass is 16.1. The lowest BCUT2D eigenvalue weighted by Gasteiger charge is -2.21. The number of nitrogens with one attached hydrogen (secondary N) is 1. The monoisotopic (exact) mass is 361 g/mol. The molecule has 0 fully saturated rings. The van der Waals surface area contributed by atoms with E-state index in [1.165, 1.54) is 0 Å². The van der Waals surface area contributed by atoms with Gasteiger partial charge >= 0.3 is 0 Å². The first-order valence-corrected chi connectivity index (χ1v) is 9.07. The highest BCUT2D eigenvalue weighted by Crippen LogP contribution is 2.20. The van der Waals surface area contributed by atoms with Gasteiger partial charge in [0.25, 0.3) is 5.91 Å². The largest absolute Gasteiger partial charge is 0.357 e. The third-order valence-corrected chi connectivity index (χ3v) is 4.27. The molecule has 3 rings (SSSR count). The summed E-state index contributed by atoms with van der Waals surface area (Å²) in [6, 6.07) is 15.2. The first kappa shape index (κ1) is 18.5. The van der Waals surface area contributed by atoms with E-state index in [2.05, 4.69) is 39.0 Å². The average Bonchev–Trinajstić information content (AvgIpc) is 2.74. The molecule has 1 aromatic carbocycles. The molecule has 1 amide bonds. The van der Waals surface area contributed by atoms with Gasteiger partial charge in [-0.25, -0.2) is 9.97 Å². The summed E-state index contributed by atoms with van der Waals surface area (Å²) in [5.41, 5.74) is 2.23. The summed E-state index contributed by atoms with van der Waals surface area (Å²) in [7, 11) is 0. The quantitative estimate of drug-likeness (QED) is 0.699. The molecule has 3 aromatic rings. The van der Waals surface area contributed by atoms with Crippen molar-refractivity contribution in [3.05, 3.63) is 72.2 Å². The molecule has 0 unspecified atom stereocenters. The van der Waals surface area contributed by atoms with E-state index in [0.29, 0.717) is 18.1 Å². The standard InChI is InChI=1S/C21H23N5O/c1-3-26(4-2)19-14-18(21(27)23-15-16-10-12-22-13-11-16)24-20(25-19)17-8-6-5-7-9-17/h5-14H,3-4,15H2,1-2H3,(H,23,27). The van der Waals surface area contributed by atoms with Crippen molar-refractivity contribution in [2.45, 2.75) is 20.4 Å². The van der Waals surface area contributed by atoms with Crippen LogP contribution in [0, 0.1) is 0 Å². The van der Waals surface area contributed by atoms with Crippen molar-refractivity contribution in [2.24, 2.45) is 0 Å². The Morgan fingerprint density at radius 1 is 1.00 bits per heavy atom. The Morgan fingerprint density at radius 3 is 2.37 bits per heavy atom. The molecule has 0 atom stereocenters. The second-order valence-electron chi connectivity index (χ2n) is 6.01. The van der Waals surface area contributed by atoms with Crippen molar-refractivity contribution < 1.29 is 4.79 Å². The third-order valence-electron chi connectivity index (χ3n) is 4.27. The van der Waals surface area contributed by atoms with E-state index in [9.17, 15) is 4.79 Å². The number of aromatic nitrogens is 3. The van der Waals surface area contributed by atoms with Gasteiger partial charge in [0.15, 0.2) is 5.82 Å². The lowest BCUT2D eigenvalue weighted by atomic mass is 10.2. The van der Waals surface area contributed by atoms with Gasteiger partial charge in [-0.15, -0.1) is 0 Å². The molecule has 0 aliphatic carbocycles. The Hall–Kier alpha value is -3.28. The molecular weight excluding hydrogens is 338 g/mol. The zero-order chi connectivity index (χ0) is 19.1. The number of rotatable bonds is 7.